The highest BCUT2D eigenvalue weighted by Gasteiger charge is 2.04. The van der Waals surface area contributed by atoms with E-state index < -0.39 is 0 Å². The maximum absolute atomic E-state index is 5.98. The van der Waals surface area contributed by atoms with E-state index >= 15 is 0 Å². The van der Waals surface area contributed by atoms with E-state index in [9.17, 15) is 0 Å². The van der Waals surface area contributed by atoms with Crippen molar-refractivity contribution >= 4 is 28.3 Å². The summed E-state index contributed by atoms with van der Waals surface area (Å²) in [4.78, 5) is 0. The molecule has 0 saturated carbocycles. The monoisotopic (exact) mass is 243 g/mol. The van der Waals surface area contributed by atoms with Crippen molar-refractivity contribution in [3.05, 3.63) is 47.5 Å². The van der Waals surface area contributed by atoms with E-state index in [4.69, 9.17) is 17.3 Å². The number of fused-ring (bicyclic) bond motifs is 1. The number of aromatic amines is 1. The quantitative estimate of drug-likeness (QED) is 0.688. The van der Waals surface area contributed by atoms with E-state index in [-0.39, 0.29) is 0 Å². The summed E-state index contributed by atoms with van der Waals surface area (Å²) < 4.78 is 0. The molecule has 1 aromatic heterocycles. The first-order valence-corrected chi connectivity index (χ1v) is 5.61. The SMILES string of the molecule is Nc1n[nH]c2ccc(-c3cccc(Cl)c3)cc12. The van der Waals surface area contributed by atoms with Gasteiger partial charge in [-0.25, -0.2) is 0 Å². The van der Waals surface area contributed by atoms with Crippen molar-refractivity contribution in [1.29, 1.82) is 0 Å². The molecule has 17 heavy (non-hydrogen) atoms. The Balaban J connectivity index is 2.20. The number of anilines is 1. The maximum Gasteiger partial charge on any atom is 0.153 e. The lowest BCUT2D eigenvalue weighted by molar-refractivity contribution is 1.13. The Morgan fingerprint density at radius 3 is 2.71 bits per heavy atom. The van der Waals surface area contributed by atoms with Gasteiger partial charge in [0, 0.05) is 10.4 Å². The van der Waals surface area contributed by atoms with Gasteiger partial charge in [0.25, 0.3) is 0 Å². The maximum atomic E-state index is 5.98. The lowest BCUT2D eigenvalue weighted by atomic mass is 10.0. The van der Waals surface area contributed by atoms with Gasteiger partial charge in [-0.2, -0.15) is 5.10 Å². The number of nitrogens with one attached hydrogen (secondary N) is 1. The minimum absolute atomic E-state index is 0.517. The Kier molecular flexibility index (Phi) is 2.27. The molecule has 3 nitrogen and oxygen atoms in total. The van der Waals surface area contributed by atoms with Crippen LogP contribution in [0.1, 0.15) is 0 Å². The zero-order valence-electron chi connectivity index (χ0n) is 8.94. The van der Waals surface area contributed by atoms with Crippen LogP contribution >= 0.6 is 11.6 Å². The number of nitrogens with zero attached hydrogens (tertiary/aromatic N) is 1. The zero-order valence-corrected chi connectivity index (χ0v) is 9.70. The van der Waals surface area contributed by atoms with Crippen LogP contribution in [0.25, 0.3) is 22.0 Å². The predicted octanol–water partition coefficient (Wildman–Crippen LogP) is 3.47. The molecular formula is C13H10ClN3. The molecule has 0 amide bonds. The third-order valence-corrected chi connectivity index (χ3v) is 2.99. The van der Waals surface area contributed by atoms with Crippen molar-refractivity contribution in [3.63, 3.8) is 0 Å². The highest BCUT2D eigenvalue weighted by atomic mass is 35.5. The van der Waals surface area contributed by atoms with Crippen LogP contribution < -0.4 is 5.73 Å². The molecule has 0 saturated heterocycles. The van der Waals surface area contributed by atoms with Gasteiger partial charge < -0.3 is 5.73 Å². The summed E-state index contributed by atoms with van der Waals surface area (Å²) in [6, 6.07) is 13.7. The average Bonchev–Trinajstić information content (AvgIpc) is 2.71. The first kappa shape index (κ1) is 10.2. The summed E-state index contributed by atoms with van der Waals surface area (Å²) in [7, 11) is 0. The van der Waals surface area contributed by atoms with Gasteiger partial charge in [-0.3, -0.25) is 5.10 Å². The summed E-state index contributed by atoms with van der Waals surface area (Å²) in [5, 5.41) is 8.51. The Hall–Kier alpha value is -2.00. The van der Waals surface area contributed by atoms with Gasteiger partial charge in [0.05, 0.1) is 5.52 Å². The fraction of sp³-hybridized carbons (Fsp3) is 0. The Morgan fingerprint density at radius 1 is 1.06 bits per heavy atom. The summed E-state index contributed by atoms with van der Waals surface area (Å²) in [5.41, 5.74) is 8.87. The van der Waals surface area contributed by atoms with E-state index in [2.05, 4.69) is 10.2 Å². The van der Waals surface area contributed by atoms with Crippen molar-refractivity contribution in [2.45, 2.75) is 0 Å². The molecule has 4 heteroatoms. The van der Waals surface area contributed by atoms with Crippen LogP contribution in [0.2, 0.25) is 5.02 Å². The molecule has 3 rings (SSSR count). The van der Waals surface area contributed by atoms with Crippen molar-refractivity contribution in [3.8, 4) is 11.1 Å². The van der Waals surface area contributed by atoms with Gasteiger partial charge in [-0.05, 0) is 35.4 Å². The second-order valence-corrected chi connectivity index (χ2v) is 4.32. The number of nitrogens with two attached hydrogens (primary N) is 1. The van der Waals surface area contributed by atoms with Gasteiger partial charge in [0.1, 0.15) is 0 Å². The molecule has 0 atom stereocenters. The molecule has 3 N–H and O–H groups in total. The number of hydrogen-bond acceptors (Lipinski definition) is 2. The lowest BCUT2D eigenvalue weighted by Gasteiger charge is -2.02. The Morgan fingerprint density at radius 2 is 1.88 bits per heavy atom. The number of rotatable bonds is 1. The topological polar surface area (TPSA) is 54.7 Å². The highest BCUT2D eigenvalue weighted by molar-refractivity contribution is 6.30. The summed E-state index contributed by atoms with van der Waals surface area (Å²) >= 11 is 5.98. The summed E-state index contributed by atoms with van der Waals surface area (Å²) in [5.74, 6) is 0.517. The van der Waals surface area contributed by atoms with Gasteiger partial charge in [-0.1, -0.05) is 29.8 Å². The van der Waals surface area contributed by atoms with Crippen LogP contribution in [-0.4, -0.2) is 10.2 Å². The molecule has 0 aliphatic heterocycles. The van der Waals surface area contributed by atoms with Crippen molar-refractivity contribution in [2.75, 3.05) is 5.73 Å². The molecule has 0 radical (unpaired) electrons. The molecular weight excluding hydrogens is 234 g/mol. The summed E-state index contributed by atoms with van der Waals surface area (Å²) in [6.07, 6.45) is 0. The third kappa shape index (κ3) is 1.74. The summed E-state index contributed by atoms with van der Waals surface area (Å²) in [6.45, 7) is 0. The Labute approximate surface area is 103 Å². The molecule has 0 unspecified atom stereocenters. The van der Waals surface area contributed by atoms with Crippen LogP contribution in [0.15, 0.2) is 42.5 Å². The smallest absolute Gasteiger partial charge is 0.153 e. The first-order valence-electron chi connectivity index (χ1n) is 5.23. The predicted molar refractivity (Wildman–Crippen MR) is 71.0 cm³/mol. The molecule has 1 heterocycles. The van der Waals surface area contributed by atoms with Crippen molar-refractivity contribution in [1.82, 2.24) is 10.2 Å². The standard InChI is InChI=1S/C13H10ClN3/c14-10-3-1-2-8(6-10)9-4-5-12-11(7-9)13(15)17-16-12/h1-7H,(H3,15,16,17). The van der Waals surface area contributed by atoms with Crippen LogP contribution in [0.3, 0.4) is 0 Å². The fourth-order valence-electron chi connectivity index (χ4n) is 1.88. The lowest BCUT2D eigenvalue weighted by Crippen LogP contribution is -1.84. The van der Waals surface area contributed by atoms with Crippen molar-refractivity contribution < 1.29 is 0 Å². The molecule has 2 aromatic carbocycles. The average molecular weight is 244 g/mol. The normalized spacial score (nSPS) is 10.9. The first-order chi connectivity index (χ1) is 8.24. The number of H-pyrrole nitrogens is 1. The molecule has 0 aliphatic rings. The van der Waals surface area contributed by atoms with Crippen molar-refractivity contribution in [2.24, 2.45) is 0 Å². The fourth-order valence-corrected chi connectivity index (χ4v) is 2.07. The second kappa shape index (κ2) is 3.79. The molecule has 3 aromatic rings. The van der Waals surface area contributed by atoms with Gasteiger partial charge in [-0.15, -0.1) is 0 Å². The van der Waals surface area contributed by atoms with Gasteiger partial charge in [0.15, 0.2) is 5.82 Å². The highest BCUT2D eigenvalue weighted by Crippen LogP contribution is 2.27. The molecule has 0 spiro atoms. The number of benzene rings is 2. The number of hydrogen-bond donors (Lipinski definition) is 2. The van der Waals surface area contributed by atoms with Crippen LogP contribution in [0, 0.1) is 0 Å². The van der Waals surface area contributed by atoms with E-state index in [1.54, 1.807) is 0 Å². The van der Waals surface area contributed by atoms with Gasteiger partial charge >= 0.3 is 0 Å². The van der Waals surface area contributed by atoms with Crippen LogP contribution in [0.4, 0.5) is 5.82 Å². The number of nitrogen functional groups attached to an aromatic ring is 1. The third-order valence-electron chi connectivity index (χ3n) is 2.75. The number of halogens is 1. The largest absolute Gasteiger partial charge is 0.382 e. The van der Waals surface area contributed by atoms with E-state index in [1.807, 2.05) is 42.5 Å². The van der Waals surface area contributed by atoms with E-state index in [0.29, 0.717) is 5.82 Å². The Bertz CT molecular complexity index is 688. The minimum atomic E-state index is 0.517. The van der Waals surface area contributed by atoms with Crippen LogP contribution in [0.5, 0.6) is 0 Å². The molecule has 0 fully saturated rings. The van der Waals surface area contributed by atoms with E-state index in [0.717, 1.165) is 27.1 Å². The zero-order chi connectivity index (χ0) is 11.8. The number of aromatic nitrogens is 2. The van der Waals surface area contributed by atoms with Crippen LogP contribution in [-0.2, 0) is 0 Å². The molecule has 84 valence electrons. The molecule has 0 bridgehead atoms. The minimum Gasteiger partial charge on any atom is -0.382 e. The van der Waals surface area contributed by atoms with Gasteiger partial charge in [0.2, 0.25) is 0 Å². The second-order valence-electron chi connectivity index (χ2n) is 3.88. The molecule has 0 aliphatic carbocycles. The van der Waals surface area contributed by atoms with E-state index in [1.165, 1.54) is 0 Å².